The summed E-state index contributed by atoms with van der Waals surface area (Å²) >= 11 is 0. The van der Waals surface area contributed by atoms with Crippen molar-refractivity contribution in [3.63, 3.8) is 0 Å². The van der Waals surface area contributed by atoms with Crippen molar-refractivity contribution in [1.29, 1.82) is 0 Å². The number of anilines is 2. The summed E-state index contributed by atoms with van der Waals surface area (Å²) in [4.78, 5) is 12.9. The average Bonchev–Trinajstić information content (AvgIpc) is 3.12. The van der Waals surface area contributed by atoms with Crippen LogP contribution in [0.3, 0.4) is 0 Å². The molecule has 2 aliphatic rings. The van der Waals surface area contributed by atoms with Gasteiger partial charge in [0.2, 0.25) is 0 Å². The zero-order valence-electron chi connectivity index (χ0n) is 13.9. The molecule has 132 valence electrons. The highest BCUT2D eigenvalue weighted by Gasteiger charge is 2.29. The minimum atomic E-state index is -0.469. The Morgan fingerprint density at radius 1 is 0.960 bits per heavy atom. The first-order valence-corrected chi connectivity index (χ1v) is 8.56. The van der Waals surface area contributed by atoms with Gasteiger partial charge >= 0.3 is 0 Å². The Balaban J connectivity index is 1.52. The molecule has 4 rings (SSSR count). The smallest absolute Gasteiger partial charge is 0.134 e. The molecule has 0 N–H and O–H groups in total. The largest absolute Gasteiger partial charge is 0.378 e. The highest BCUT2D eigenvalue weighted by molar-refractivity contribution is 5.51. The van der Waals surface area contributed by atoms with Crippen LogP contribution in [-0.4, -0.2) is 49.4 Å². The number of halogens is 2. The summed E-state index contributed by atoms with van der Waals surface area (Å²) in [5.74, 6) is 0.569. The van der Waals surface area contributed by atoms with E-state index in [9.17, 15) is 8.78 Å². The number of rotatable bonds is 3. The Bertz CT molecular complexity index is 731. The number of hydrogen-bond acceptors (Lipinski definition) is 5. The van der Waals surface area contributed by atoms with E-state index in [-0.39, 0.29) is 11.5 Å². The first kappa shape index (κ1) is 16.2. The third-order valence-electron chi connectivity index (χ3n) is 4.89. The first-order valence-electron chi connectivity index (χ1n) is 8.56. The second-order valence-electron chi connectivity index (χ2n) is 6.40. The molecule has 2 saturated heterocycles. The van der Waals surface area contributed by atoms with Crippen LogP contribution in [0.4, 0.5) is 20.4 Å². The molecule has 0 unspecified atom stereocenters. The molecule has 2 aliphatic heterocycles. The minimum Gasteiger partial charge on any atom is -0.378 e. The Kier molecular flexibility index (Phi) is 4.48. The molecule has 1 aromatic carbocycles. The number of benzene rings is 1. The molecule has 0 saturated carbocycles. The summed E-state index contributed by atoms with van der Waals surface area (Å²) in [5, 5.41) is 0. The van der Waals surface area contributed by atoms with Crippen molar-refractivity contribution in [3.8, 4) is 0 Å². The molecule has 0 spiro atoms. The summed E-state index contributed by atoms with van der Waals surface area (Å²) in [5.41, 5.74) is 0.187. The van der Waals surface area contributed by atoms with Crippen LogP contribution >= 0.6 is 0 Å². The summed E-state index contributed by atoms with van der Waals surface area (Å²) in [6.45, 7) is 4.27. The monoisotopic (exact) mass is 346 g/mol. The van der Waals surface area contributed by atoms with Crippen LogP contribution in [0.15, 0.2) is 30.6 Å². The van der Waals surface area contributed by atoms with E-state index in [0.29, 0.717) is 26.2 Å². The van der Waals surface area contributed by atoms with Crippen molar-refractivity contribution in [2.75, 3.05) is 49.2 Å². The average molecular weight is 346 g/mol. The molecule has 0 bridgehead atoms. The summed E-state index contributed by atoms with van der Waals surface area (Å²) in [6, 6.07) is 6.00. The van der Waals surface area contributed by atoms with E-state index in [1.165, 1.54) is 18.2 Å². The Hall–Kier alpha value is -2.28. The lowest BCUT2D eigenvalue weighted by Crippen LogP contribution is -2.37. The van der Waals surface area contributed by atoms with Crippen LogP contribution < -0.4 is 9.80 Å². The maximum atomic E-state index is 14.0. The third kappa shape index (κ3) is 3.28. The molecule has 5 nitrogen and oxygen atoms in total. The lowest BCUT2D eigenvalue weighted by molar-refractivity contribution is 0.122. The third-order valence-corrected chi connectivity index (χ3v) is 4.89. The lowest BCUT2D eigenvalue weighted by atomic mass is 9.97. The molecular weight excluding hydrogens is 326 g/mol. The van der Waals surface area contributed by atoms with Gasteiger partial charge in [0.25, 0.3) is 0 Å². The van der Waals surface area contributed by atoms with E-state index in [2.05, 4.69) is 19.8 Å². The van der Waals surface area contributed by atoms with Crippen molar-refractivity contribution in [2.24, 2.45) is 0 Å². The topological polar surface area (TPSA) is 41.5 Å². The Morgan fingerprint density at radius 2 is 1.64 bits per heavy atom. The number of nitrogens with zero attached hydrogens (tertiary/aromatic N) is 4. The molecule has 2 fully saturated rings. The standard InChI is InChI=1S/C18H20F2N4O/c19-14-2-1-3-15(20)18(14)13-4-5-24(11-13)17-10-16(21-12-22-17)23-6-8-25-9-7-23/h1-3,10,12-13H,4-9,11H2/t13-/m1/s1. The van der Waals surface area contributed by atoms with Crippen LogP contribution in [0, 0.1) is 11.6 Å². The fraction of sp³-hybridized carbons (Fsp3) is 0.444. The van der Waals surface area contributed by atoms with E-state index >= 15 is 0 Å². The van der Waals surface area contributed by atoms with Crippen molar-refractivity contribution >= 4 is 11.6 Å². The van der Waals surface area contributed by atoms with Crippen molar-refractivity contribution < 1.29 is 13.5 Å². The van der Waals surface area contributed by atoms with Gasteiger partial charge in [-0.05, 0) is 18.6 Å². The molecule has 0 amide bonds. The highest BCUT2D eigenvalue weighted by atomic mass is 19.1. The van der Waals surface area contributed by atoms with E-state index in [4.69, 9.17) is 4.74 Å². The minimum absolute atomic E-state index is 0.164. The fourth-order valence-electron chi connectivity index (χ4n) is 3.58. The highest BCUT2D eigenvalue weighted by Crippen LogP contribution is 2.33. The van der Waals surface area contributed by atoms with Gasteiger partial charge in [0.1, 0.15) is 29.6 Å². The SMILES string of the molecule is Fc1cccc(F)c1[C@@H]1CCN(c2cc(N3CCOCC3)ncn2)C1. The van der Waals surface area contributed by atoms with E-state index < -0.39 is 11.6 Å². The van der Waals surface area contributed by atoms with Crippen LogP contribution in [0.5, 0.6) is 0 Å². The fourth-order valence-corrected chi connectivity index (χ4v) is 3.58. The van der Waals surface area contributed by atoms with Gasteiger partial charge in [-0.25, -0.2) is 18.7 Å². The van der Waals surface area contributed by atoms with E-state index in [1.54, 1.807) is 6.33 Å². The van der Waals surface area contributed by atoms with Gasteiger partial charge < -0.3 is 14.5 Å². The molecule has 2 aromatic rings. The maximum Gasteiger partial charge on any atom is 0.134 e. The normalized spacial score (nSPS) is 21.0. The van der Waals surface area contributed by atoms with Crippen molar-refractivity contribution in [3.05, 3.63) is 47.8 Å². The van der Waals surface area contributed by atoms with Crippen molar-refractivity contribution in [1.82, 2.24) is 9.97 Å². The number of aromatic nitrogens is 2. The van der Waals surface area contributed by atoms with E-state index in [0.717, 1.165) is 31.3 Å². The molecule has 25 heavy (non-hydrogen) atoms. The van der Waals surface area contributed by atoms with Crippen molar-refractivity contribution in [2.45, 2.75) is 12.3 Å². The summed E-state index contributed by atoms with van der Waals surface area (Å²) < 4.78 is 33.4. The van der Waals surface area contributed by atoms with Gasteiger partial charge in [-0.3, -0.25) is 0 Å². The van der Waals surface area contributed by atoms with Crippen LogP contribution in [0.1, 0.15) is 17.9 Å². The van der Waals surface area contributed by atoms with Gasteiger partial charge in [0, 0.05) is 43.7 Å². The van der Waals surface area contributed by atoms with Crippen LogP contribution in [0.2, 0.25) is 0 Å². The molecule has 3 heterocycles. The van der Waals surface area contributed by atoms with Crippen LogP contribution in [-0.2, 0) is 4.74 Å². The number of morpholine rings is 1. The van der Waals surface area contributed by atoms with Gasteiger partial charge in [-0.15, -0.1) is 0 Å². The summed E-state index contributed by atoms with van der Waals surface area (Å²) in [7, 11) is 0. The molecule has 1 aromatic heterocycles. The predicted octanol–water partition coefficient (Wildman–Crippen LogP) is 2.59. The molecule has 1 atom stereocenters. The quantitative estimate of drug-likeness (QED) is 0.854. The second-order valence-corrected chi connectivity index (χ2v) is 6.40. The molecule has 0 aliphatic carbocycles. The van der Waals surface area contributed by atoms with Gasteiger partial charge in [-0.2, -0.15) is 0 Å². The van der Waals surface area contributed by atoms with Gasteiger partial charge in [-0.1, -0.05) is 6.07 Å². The van der Waals surface area contributed by atoms with Crippen LogP contribution in [0.25, 0.3) is 0 Å². The first-order chi connectivity index (χ1) is 12.2. The van der Waals surface area contributed by atoms with Gasteiger partial charge in [0.05, 0.1) is 13.2 Å². The van der Waals surface area contributed by atoms with E-state index in [1.807, 2.05) is 6.07 Å². The number of hydrogen-bond donors (Lipinski definition) is 0. The number of ether oxygens (including phenoxy) is 1. The molecule has 7 heteroatoms. The lowest BCUT2D eigenvalue weighted by Gasteiger charge is -2.28. The second kappa shape index (κ2) is 6.92. The Labute approximate surface area is 145 Å². The van der Waals surface area contributed by atoms with Gasteiger partial charge in [0.15, 0.2) is 0 Å². The predicted molar refractivity (Wildman–Crippen MR) is 91.0 cm³/mol. The zero-order valence-corrected chi connectivity index (χ0v) is 13.9. The summed E-state index contributed by atoms with van der Waals surface area (Å²) in [6.07, 6.45) is 2.26. The Morgan fingerprint density at radius 3 is 2.36 bits per heavy atom. The zero-order chi connectivity index (χ0) is 17.2. The molecule has 0 radical (unpaired) electrons. The maximum absolute atomic E-state index is 14.0. The molecular formula is C18H20F2N4O.